The van der Waals surface area contributed by atoms with E-state index in [0.29, 0.717) is 31.1 Å². The van der Waals surface area contributed by atoms with Gasteiger partial charge < -0.3 is 10.2 Å². The molecule has 1 fully saturated rings. The summed E-state index contributed by atoms with van der Waals surface area (Å²) in [7, 11) is 0. The van der Waals surface area contributed by atoms with Crippen molar-refractivity contribution in [2.24, 2.45) is 0 Å². The summed E-state index contributed by atoms with van der Waals surface area (Å²) in [5.41, 5.74) is 2.77. The van der Waals surface area contributed by atoms with E-state index in [9.17, 15) is 9.18 Å². The predicted molar refractivity (Wildman–Crippen MR) is 103 cm³/mol. The quantitative estimate of drug-likeness (QED) is 0.888. The zero-order valence-corrected chi connectivity index (χ0v) is 15.4. The van der Waals surface area contributed by atoms with E-state index in [2.05, 4.69) is 24.1 Å². The van der Waals surface area contributed by atoms with Gasteiger partial charge in [-0.05, 0) is 29.7 Å². The lowest BCUT2D eigenvalue weighted by molar-refractivity contribution is 0.142. The molecule has 1 saturated heterocycles. The van der Waals surface area contributed by atoms with Crippen LogP contribution in [-0.4, -0.2) is 42.0 Å². The summed E-state index contributed by atoms with van der Waals surface area (Å²) in [5.74, 6) is 0.305. The second kappa shape index (κ2) is 8.32. The van der Waals surface area contributed by atoms with Crippen LogP contribution in [0.25, 0.3) is 0 Å². The molecule has 1 aliphatic rings. The largest absolute Gasteiger partial charge is 0.322 e. The van der Waals surface area contributed by atoms with Crippen molar-refractivity contribution in [3.8, 4) is 0 Å². The van der Waals surface area contributed by atoms with Crippen molar-refractivity contribution in [3.63, 3.8) is 0 Å². The number of rotatable bonds is 4. The first-order valence-electron chi connectivity index (χ1n) is 9.14. The maximum atomic E-state index is 13.8. The molecule has 0 spiro atoms. The molecule has 138 valence electrons. The number of urea groups is 1. The fourth-order valence-corrected chi connectivity index (χ4v) is 3.13. The van der Waals surface area contributed by atoms with Gasteiger partial charge in [-0.25, -0.2) is 9.18 Å². The molecule has 0 bridgehead atoms. The third kappa shape index (κ3) is 4.61. The van der Waals surface area contributed by atoms with Gasteiger partial charge in [-0.15, -0.1) is 0 Å². The van der Waals surface area contributed by atoms with Crippen molar-refractivity contribution in [2.75, 3.05) is 31.5 Å². The number of piperazine rings is 1. The van der Waals surface area contributed by atoms with Crippen LogP contribution in [0.1, 0.15) is 30.9 Å². The highest BCUT2D eigenvalue weighted by Crippen LogP contribution is 2.18. The molecule has 26 heavy (non-hydrogen) atoms. The van der Waals surface area contributed by atoms with Crippen molar-refractivity contribution in [2.45, 2.75) is 26.3 Å². The average molecular weight is 355 g/mol. The minimum Gasteiger partial charge on any atom is -0.322 e. The Balaban J connectivity index is 1.49. The molecular weight excluding hydrogens is 329 g/mol. The first-order chi connectivity index (χ1) is 12.5. The molecule has 0 saturated carbocycles. The van der Waals surface area contributed by atoms with Crippen molar-refractivity contribution in [1.82, 2.24) is 9.80 Å². The number of carbonyl (C=O) groups is 1. The normalized spacial score (nSPS) is 15.3. The van der Waals surface area contributed by atoms with Gasteiger partial charge in [-0.2, -0.15) is 0 Å². The highest BCUT2D eigenvalue weighted by atomic mass is 19.1. The minimum absolute atomic E-state index is 0.0761. The number of hydrogen-bond acceptors (Lipinski definition) is 2. The molecule has 3 rings (SSSR count). The van der Waals surface area contributed by atoms with E-state index >= 15 is 0 Å². The van der Waals surface area contributed by atoms with Crippen LogP contribution in [0, 0.1) is 5.82 Å². The van der Waals surface area contributed by atoms with Crippen LogP contribution in [-0.2, 0) is 6.54 Å². The van der Waals surface area contributed by atoms with E-state index in [4.69, 9.17) is 0 Å². The Morgan fingerprint density at radius 1 is 1.04 bits per heavy atom. The summed E-state index contributed by atoms with van der Waals surface area (Å²) in [6.07, 6.45) is 0. The number of halogens is 1. The zero-order valence-electron chi connectivity index (χ0n) is 15.4. The van der Waals surface area contributed by atoms with Gasteiger partial charge in [0.05, 0.1) is 0 Å². The van der Waals surface area contributed by atoms with Crippen molar-refractivity contribution < 1.29 is 9.18 Å². The summed E-state index contributed by atoms with van der Waals surface area (Å²) in [5, 5.41) is 2.96. The summed E-state index contributed by atoms with van der Waals surface area (Å²) >= 11 is 0. The fourth-order valence-electron chi connectivity index (χ4n) is 3.13. The van der Waals surface area contributed by atoms with Crippen molar-refractivity contribution in [3.05, 3.63) is 65.5 Å². The Hall–Kier alpha value is -2.40. The number of anilines is 1. The van der Waals surface area contributed by atoms with Crippen LogP contribution in [0.2, 0.25) is 0 Å². The molecule has 2 amide bonds. The molecule has 0 unspecified atom stereocenters. The molecule has 0 radical (unpaired) electrons. The highest BCUT2D eigenvalue weighted by molar-refractivity contribution is 5.89. The van der Waals surface area contributed by atoms with E-state index in [1.165, 1.54) is 11.6 Å². The predicted octanol–water partition coefficient (Wildman–Crippen LogP) is 4.30. The number of nitrogens with one attached hydrogen (secondary N) is 1. The number of amides is 2. The Bertz CT molecular complexity index is 737. The molecule has 0 aliphatic carbocycles. The third-order valence-electron chi connectivity index (χ3n) is 4.84. The highest BCUT2D eigenvalue weighted by Gasteiger charge is 2.21. The first kappa shape index (κ1) is 18.4. The maximum absolute atomic E-state index is 13.8. The fraction of sp³-hybridized carbons (Fsp3) is 0.381. The molecule has 0 aromatic heterocycles. The van der Waals surface area contributed by atoms with E-state index in [-0.39, 0.29) is 11.8 Å². The first-order valence-corrected chi connectivity index (χ1v) is 9.14. The van der Waals surface area contributed by atoms with Gasteiger partial charge in [-0.3, -0.25) is 4.90 Å². The van der Waals surface area contributed by atoms with Crippen molar-refractivity contribution >= 4 is 11.7 Å². The molecule has 0 atom stereocenters. The van der Waals surface area contributed by atoms with E-state index in [0.717, 1.165) is 18.8 Å². The smallest absolute Gasteiger partial charge is 0.321 e. The van der Waals surface area contributed by atoms with Gasteiger partial charge in [0.2, 0.25) is 0 Å². The van der Waals surface area contributed by atoms with Gasteiger partial charge in [0.15, 0.2) is 0 Å². The third-order valence-corrected chi connectivity index (χ3v) is 4.84. The van der Waals surface area contributed by atoms with Gasteiger partial charge in [0, 0.05) is 44.0 Å². The van der Waals surface area contributed by atoms with Crippen molar-refractivity contribution in [1.29, 1.82) is 0 Å². The maximum Gasteiger partial charge on any atom is 0.321 e. The molecule has 2 aromatic carbocycles. The van der Waals surface area contributed by atoms with Crippen LogP contribution in [0.5, 0.6) is 0 Å². The monoisotopic (exact) mass is 355 g/mol. The van der Waals surface area contributed by atoms with Gasteiger partial charge in [-0.1, -0.05) is 44.2 Å². The lowest BCUT2D eigenvalue weighted by atomic mass is 10.0. The van der Waals surface area contributed by atoms with E-state index < -0.39 is 0 Å². The molecular formula is C21H26FN3O. The topological polar surface area (TPSA) is 35.6 Å². The number of carbonyl (C=O) groups excluding carboxylic acids is 1. The van der Waals surface area contributed by atoms with Gasteiger partial charge in [0.1, 0.15) is 5.82 Å². The molecule has 5 heteroatoms. The van der Waals surface area contributed by atoms with Gasteiger partial charge >= 0.3 is 6.03 Å². The van der Waals surface area contributed by atoms with Crippen LogP contribution < -0.4 is 5.32 Å². The standard InChI is InChI=1S/C21H26FN3O/c1-16(2)17-7-9-19(10-8-17)23-21(26)25-13-11-24(12-14-25)15-18-5-3-4-6-20(18)22/h3-10,16H,11-15H2,1-2H3,(H,23,26). The summed E-state index contributed by atoms with van der Waals surface area (Å²) in [4.78, 5) is 16.4. The molecule has 2 aromatic rings. The SMILES string of the molecule is CC(C)c1ccc(NC(=O)N2CCN(Cc3ccccc3F)CC2)cc1. The molecule has 1 heterocycles. The van der Waals surface area contributed by atoms with Crippen LogP contribution in [0.15, 0.2) is 48.5 Å². The summed E-state index contributed by atoms with van der Waals surface area (Å²) in [6, 6.07) is 14.8. The number of nitrogens with zero attached hydrogens (tertiary/aromatic N) is 2. The Kier molecular flexibility index (Phi) is 5.89. The summed E-state index contributed by atoms with van der Waals surface area (Å²) in [6.45, 7) is 7.65. The summed E-state index contributed by atoms with van der Waals surface area (Å²) < 4.78 is 13.8. The average Bonchev–Trinajstić information content (AvgIpc) is 2.64. The van der Waals surface area contributed by atoms with E-state index in [1.807, 2.05) is 41.3 Å². The molecule has 1 N–H and O–H groups in total. The second-order valence-corrected chi connectivity index (χ2v) is 7.06. The Morgan fingerprint density at radius 2 is 1.69 bits per heavy atom. The lowest BCUT2D eigenvalue weighted by Gasteiger charge is -2.34. The van der Waals surface area contributed by atoms with Crippen LogP contribution in [0.3, 0.4) is 0 Å². The second-order valence-electron chi connectivity index (χ2n) is 7.06. The number of hydrogen-bond donors (Lipinski definition) is 1. The van der Waals surface area contributed by atoms with Gasteiger partial charge in [0.25, 0.3) is 0 Å². The zero-order chi connectivity index (χ0) is 18.5. The van der Waals surface area contributed by atoms with E-state index in [1.54, 1.807) is 6.07 Å². The Labute approximate surface area is 154 Å². The molecule has 1 aliphatic heterocycles. The van der Waals surface area contributed by atoms with Crippen LogP contribution >= 0.6 is 0 Å². The Morgan fingerprint density at radius 3 is 2.31 bits per heavy atom. The lowest BCUT2D eigenvalue weighted by Crippen LogP contribution is -2.49. The molecule has 4 nitrogen and oxygen atoms in total. The number of benzene rings is 2. The minimum atomic E-state index is -0.169. The van der Waals surface area contributed by atoms with Crippen LogP contribution in [0.4, 0.5) is 14.9 Å².